The van der Waals surface area contributed by atoms with Gasteiger partial charge in [0.1, 0.15) is 0 Å². The van der Waals surface area contributed by atoms with E-state index in [-0.39, 0.29) is 11.6 Å². The molecule has 1 aliphatic heterocycles. The van der Waals surface area contributed by atoms with E-state index < -0.39 is 32.3 Å². The van der Waals surface area contributed by atoms with Crippen molar-refractivity contribution in [3.8, 4) is 0 Å². The van der Waals surface area contributed by atoms with Crippen LogP contribution in [-0.2, 0) is 34.8 Å². The summed E-state index contributed by atoms with van der Waals surface area (Å²) in [5.41, 5.74) is -0.328. The predicted molar refractivity (Wildman–Crippen MR) is 109 cm³/mol. The van der Waals surface area contributed by atoms with Gasteiger partial charge in [0, 0.05) is 13.5 Å². The minimum atomic E-state index is -2.16. The number of esters is 1. The van der Waals surface area contributed by atoms with Crippen molar-refractivity contribution in [2.24, 2.45) is 0 Å². The van der Waals surface area contributed by atoms with Gasteiger partial charge in [0.25, 0.3) is 0 Å². The molecule has 28 heavy (non-hydrogen) atoms. The zero-order chi connectivity index (χ0) is 21.0. The van der Waals surface area contributed by atoms with Crippen molar-refractivity contribution in [2.45, 2.75) is 69.9 Å². The molecule has 158 valence electrons. The molecular formula is C21H34O6Si. The van der Waals surface area contributed by atoms with E-state index in [1.165, 1.54) is 7.11 Å². The van der Waals surface area contributed by atoms with Gasteiger partial charge in [-0.2, -0.15) is 0 Å². The molecule has 1 saturated heterocycles. The second-order valence-corrected chi connectivity index (χ2v) is 13.5. The molecule has 1 fully saturated rings. The van der Waals surface area contributed by atoms with E-state index in [1.807, 2.05) is 30.3 Å². The molecule has 0 spiro atoms. The van der Waals surface area contributed by atoms with Gasteiger partial charge in [-0.1, -0.05) is 51.1 Å². The van der Waals surface area contributed by atoms with Crippen LogP contribution in [0.4, 0.5) is 0 Å². The first-order valence-corrected chi connectivity index (χ1v) is 12.5. The highest BCUT2D eigenvalue weighted by atomic mass is 28.4. The number of hydrogen-bond acceptors (Lipinski definition) is 6. The highest BCUT2D eigenvalue weighted by Gasteiger charge is 2.59. The molecule has 2 rings (SSSR count). The van der Waals surface area contributed by atoms with E-state index in [9.17, 15) is 4.79 Å². The highest BCUT2D eigenvalue weighted by Crippen LogP contribution is 2.43. The van der Waals surface area contributed by atoms with Gasteiger partial charge in [-0.05, 0) is 23.7 Å². The standard InChI is InChI=1S/C21H34O6Si/c1-20(2,3)28(6,7)27-17-13-18(23-4)26-21(17,19(22)24-5)15-25-14-16-11-9-8-10-12-16/h8-12,17-18H,13-15H2,1-7H3/t17-,18?,21+/m0/s1. The Morgan fingerprint density at radius 2 is 1.86 bits per heavy atom. The summed E-state index contributed by atoms with van der Waals surface area (Å²) in [7, 11) is 0.755. The minimum absolute atomic E-state index is 0.00901. The first-order valence-electron chi connectivity index (χ1n) is 9.64. The lowest BCUT2D eigenvalue weighted by molar-refractivity contribution is -0.208. The van der Waals surface area contributed by atoms with Gasteiger partial charge >= 0.3 is 5.97 Å². The average Bonchev–Trinajstić information content (AvgIpc) is 2.99. The van der Waals surface area contributed by atoms with Crippen LogP contribution in [0.25, 0.3) is 0 Å². The number of ether oxygens (including phenoxy) is 4. The van der Waals surface area contributed by atoms with Crippen LogP contribution in [0.2, 0.25) is 18.1 Å². The van der Waals surface area contributed by atoms with Crippen molar-refractivity contribution in [3.63, 3.8) is 0 Å². The van der Waals surface area contributed by atoms with Gasteiger partial charge in [-0.25, -0.2) is 4.79 Å². The summed E-state index contributed by atoms with van der Waals surface area (Å²) in [5.74, 6) is -0.496. The fraction of sp³-hybridized carbons (Fsp3) is 0.667. The van der Waals surface area contributed by atoms with Crippen LogP contribution in [0, 0.1) is 0 Å². The third-order valence-electron chi connectivity index (χ3n) is 5.73. The second kappa shape index (κ2) is 9.05. The Kier molecular flexibility index (Phi) is 7.44. The first-order chi connectivity index (χ1) is 13.1. The van der Waals surface area contributed by atoms with Gasteiger partial charge in [0.05, 0.1) is 26.4 Å². The lowest BCUT2D eigenvalue weighted by Crippen LogP contribution is -2.57. The highest BCUT2D eigenvalue weighted by molar-refractivity contribution is 6.74. The Balaban J connectivity index is 2.24. The molecule has 6 nitrogen and oxygen atoms in total. The Hall–Kier alpha value is -1.25. The van der Waals surface area contributed by atoms with Gasteiger partial charge in [-0.15, -0.1) is 0 Å². The van der Waals surface area contributed by atoms with Crippen molar-refractivity contribution < 1.29 is 28.2 Å². The van der Waals surface area contributed by atoms with E-state index in [4.69, 9.17) is 23.4 Å². The molecule has 1 unspecified atom stereocenters. The lowest BCUT2D eigenvalue weighted by atomic mass is 9.98. The van der Waals surface area contributed by atoms with Gasteiger partial charge in [-0.3, -0.25) is 0 Å². The van der Waals surface area contributed by atoms with Crippen LogP contribution in [0.5, 0.6) is 0 Å². The fourth-order valence-corrected chi connectivity index (χ4v) is 4.33. The van der Waals surface area contributed by atoms with Crippen molar-refractivity contribution in [2.75, 3.05) is 20.8 Å². The van der Waals surface area contributed by atoms with Crippen molar-refractivity contribution in [3.05, 3.63) is 35.9 Å². The fourth-order valence-electron chi connectivity index (χ4n) is 2.98. The number of carbonyl (C=O) groups is 1. The molecule has 0 radical (unpaired) electrons. The zero-order valence-electron chi connectivity index (χ0n) is 18.1. The SMILES string of the molecule is COC(=O)[C@]1(COCc2ccccc2)OC(OC)C[C@@H]1O[Si](C)(C)C(C)(C)C. The molecule has 1 heterocycles. The van der Waals surface area contributed by atoms with Gasteiger partial charge < -0.3 is 23.4 Å². The Morgan fingerprint density at radius 1 is 1.21 bits per heavy atom. The molecule has 0 saturated carbocycles. The van der Waals surface area contributed by atoms with Crippen LogP contribution < -0.4 is 0 Å². The molecule has 0 bridgehead atoms. The Bertz CT molecular complexity index is 642. The molecule has 1 aromatic rings. The minimum Gasteiger partial charge on any atom is -0.467 e. The monoisotopic (exact) mass is 410 g/mol. The molecule has 0 amide bonds. The smallest absolute Gasteiger partial charge is 0.343 e. The van der Waals surface area contributed by atoms with Crippen molar-refractivity contribution >= 4 is 14.3 Å². The van der Waals surface area contributed by atoms with Crippen molar-refractivity contribution in [1.29, 1.82) is 0 Å². The van der Waals surface area contributed by atoms with Crippen molar-refractivity contribution in [1.82, 2.24) is 0 Å². The third-order valence-corrected chi connectivity index (χ3v) is 10.2. The Labute approximate surface area is 169 Å². The van der Waals surface area contributed by atoms with Gasteiger partial charge in [0.15, 0.2) is 14.6 Å². The third kappa shape index (κ3) is 5.02. The van der Waals surface area contributed by atoms with E-state index in [1.54, 1.807) is 7.11 Å². The van der Waals surface area contributed by atoms with Crippen LogP contribution in [-0.4, -0.2) is 53.1 Å². The molecule has 7 heteroatoms. The summed E-state index contributed by atoms with van der Waals surface area (Å²) >= 11 is 0. The maximum atomic E-state index is 12.8. The van der Waals surface area contributed by atoms with E-state index in [0.717, 1.165) is 5.56 Å². The quantitative estimate of drug-likeness (QED) is 0.478. The van der Waals surface area contributed by atoms with Crippen LogP contribution in [0.3, 0.4) is 0 Å². The molecule has 0 aromatic heterocycles. The number of benzene rings is 1. The van der Waals surface area contributed by atoms with Crippen LogP contribution in [0.15, 0.2) is 30.3 Å². The molecule has 1 aromatic carbocycles. The summed E-state index contributed by atoms with van der Waals surface area (Å²) in [6, 6.07) is 9.80. The lowest BCUT2D eigenvalue weighted by Gasteiger charge is -2.41. The zero-order valence-corrected chi connectivity index (χ0v) is 19.1. The largest absolute Gasteiger partial charge is 0.467 e. The van der Waals surface area contributed by atoms with E-state index in [2.05, 4.69) is 33.9 Å². The average molecular weight is 411 g/mol. The van der Waals surface area contributed by atoms with Gasteiger partial charge in [0.2, 0.25) is 5.60 Å². The Morgan fingerprint density at radius 3 is 2.39 bits per heavy atom. The van der Waals surface area contributed by atoms with E-state index >= 15 is 0 Å². The molecule has 1 aliphatic rings. The summed E-state index contributed by atoms with van der Waals surface area (Å²) in [5, 5.41) is -0.00901. The number of carbonyl (C=O) groups excluding carboxylic acids is 1. The normalized spacial score (nSPS) is 25.7. The summed E-state index contributed by atoms with van der Waals surface area (Å²) < 4.78 is 29.0. The number of hydrogen-bond donors (Lipinski definition) is 0. The second-order valence-electron chi connectivity index (χ2n) is 8.75. The number of methoxy groups -OCH3 is 2. The molecular weight excluding hydrogens is 376 g/mol. The molecule has 3 atom stereocenters. The summed E-state index contributed by atoms with van der Waals surface area (Å²) in [4.78, 5) is 12.8. The van der Waals surface area contributed by atoms with Crippen LogP contribution in [0.1, 0.15) is 32.8 Å². The molecule has 0 aliphatic carbocycles. The predicted octanol–water partition coefficient (Wildman–Crippen LogP) is 3.90. The van der Waals surface area contributed by atoms with E-state index in [0.29, 0.717) is 13.0 Å². The summed E-state index contributed by atoms with van der Waals surface area (Å²) in [6.07, 6.45) is -0.594. The van der Waals surface area contributed by atoms with Crippen LogP contribution >= 0.6 is 0 Å². The maximum Gasteiger partial charge on any atom is 0.343 e. The first kappa shape index (κ1) is 23.0. The summed E-state index contributed by atoms with van der Waals surface area (Å²) in [6.45, 7) is 11.2. The topological polar surface area (TPSA) is 63.2 Å². The number of rotatable bonds is 8. The molecule has 0 N–H and O–H groups in total. The maximum absolute atomic E-state index is 12.8.